The summed E-state index contributed by atoms with van der Waals surface area (Å²) in [6.45, 7) is 3.00. The van der Waals surface area contributed by atoms with Crippen molar-refractivity contribution in [3.63, 3.8) is 0 Å². The number of hydrogen-bond donors (Lipinski definition) is 0. The van der Waals surface area contributed by atoms with Crippen molar-refractivity contribution < 1.29 is 27.5 Å². The third-order valence-electron chi connectivity index (χ3n) is 3.89. The summed E-state index contributed by atoms with van der Waals surface area (Å²) in [5, 5.41) is 0. The predicted octanol–water partition coefficient (Wildman–Crippen LogP) is 4.30. The Bertz CT molecular complexity index is 834. The molecule has 0 aromatic heterocycles. The molecule has 1 aliphatic heterocycles. The molecular formula is C18H13F3O3. The zero-order valence-electron chi connectivity index (χ0n) is 12.9. The first kappa shape index (κ1) is 16.2. The number of benzene rings is 2. The molecule has 0 bridgehead atoms. The molecule has 0 spiro atoms. The topological polar surface area (TPSA) is 43.4 Å². The third kappa shape index (κ3) is 2.68. The van der Waals surface area contributed by atoms with Crippen LogP contribution in [0.1, 0.15) is 29.8 Å². The highest BCUT2D eigenvalue weighted by molar-refractivity contribution is 6.47. The van der Waals surface area contributed by atoms with Gasteiger partial charge in [-0.25, -0.2) is 0 Å². The summed E-state index contributed by atoms with van der Waals surface area (Å²) in [6, 6.07) is 9.29. The van der Waals surface area contributed by atoms with E-state index in [4.69, 9.17) is 4.74 Å². The van der Waals surface area contributed by atoms with Gasteiger partial charge in [0.2, 0.25) is 11.6 Å². The molecule has 0 amide bonds. The lowest BCUT2D eigenvalue weighted by molar-refractivity contribution is -0.137. The smallest absolute Gasteiger partial charge is 0.416 e. The average Bonchev–Trinajstić information content (AvgIpc) is 2.51. The van der Waals surface area contributed by atoms with Crippen LogP contribution in [-0.2, 0) is 11.0 Å². The molecule has 24 heavy (non-hydrogen) atoms. The SMILES string of the molecule is CC1(C)Oc2cc(-c3ccc(C(F)(F)F)cc3)ccc2C(=O)C1=O. The highest BCUT2D eigenvalue weighted by Gasteiger charge is 2.41. The number of Topliss-reactive ketones (excluding diaryl/α,β-unsaturated/α-hetero) is 2. The lowest BCUT2D eigenvalue weighted by atomic mass is 9.90. The molecule has 1 heterocycles. The summed E-state index contributed by atoms with van der Waals surface area (Å²) in [5.41, 5.74) is -0.683. The molecule has 0 atom stereocenters. The number of rotatable bonds is 1. The van der Waals surface area contributed by atoms with Crippen molar-refractivity contribution in [2.75, 3.05) is 0 Å². The first-order chi connectivity index (χ1) is 11.1. The van der Waals surface area contributed by atoms with E-state index >= 15 is 0 Å². The molecule has 0 unspecified atom stereocenters. The summed E-state index contributed by atoms with van der Waals surface area (Å²) in [5.74, 6) is -1.00. The lowest BCUT2D eigenvalue weighted by Crippen LogP contribution is -2.46. The number of carbonyl (C=O) groups excluding carboxylic acids is 2. The van der Waals surface area contributed by atoms with Gasteiger partial charge in [-0.05, 0) is 49.2 Å². The minimum atomic E-state index is -4.39. The van der Waals surface area contributed by atoms with Gasteiger partial charge in [-0.3, -0.25) is 9.59 Å². The molecule has 0 N–H and O–H groups in total. The molecule has 0 radical (unpaired) electrons. The zero-order valence-corrected chi connectivity index (χ0v) is 12.9. The first-order valence-corrected chi connectivity index (χ1v) is 7.19. The van der Waals surface area contributed by atoms with Crippen LogP contribution in [0, 0.1) is 0 Å². The van der Waals surface area contributed by atoms with Crippen molar-refractivity contribution in [3.05, 3.63) is 53.6 Å². The van der Waals surface area contributed by atoms with E-state index in [0.717, 1.165) is 12.1 Å². The maximum absolute atomic E-state index is 12.6. The molecular weight excluding hydrogens is 321 g/mol. The van der Waals surface area contributed by atoms with Crippen molar-refractivity contribution in [1.29, 1.82) is 0 Å². The number of ether oxygens (including phenoxy) is 1. The fourth-order valence-corrected chi connectivity index (χ4v) is 2.54. The molecule has 0 saturated carbocycles. The molecule has 3 rings (SSSR count). The van der Waals surface area contributed by atoms with E-state index in [1.54, 1.807) is 12.1 Å². The van der Waals surface area contributed by atoms with Crippen molar-refractivity contribution in [3.8, 4) is 16.9 Å². The van der Waals surface area contributed by atoms with Gasteiger partial charge in [0.05, 0.1) is 11.1 Å². The standard InChI is InChI=1S/C18H13F3O3/c1-17(2)16(23)15(22)13-8-5-11(9-14(13)24-17)10-3-6-12(7-4-10)18(19,20)21/h3-9H,1-2H3. The maximum atomic E-state index is 12.6. The monoisotopic (exact) mass is 334 g/mol. The van der Waals surface area contributed by atoms with Gasteiger partial charge in [0.25, 0.3) is 0 Å². The van der Waals surface area contributed by atoms with E-state index in [9.17, 15) is 22.8 Å². The van der Waals surface area contributed by atoms with Crippen molar-refractivity contribution >= 4 is 11.6 Å². The van der Waals surface area contributed by atoms with Crippen molar-refractivity contribution in [2.24, 2.45) is 0 Å². The summed E-state index contributed by atoms with van der Waals surface area (Å²) in [4.78, 5) is 24.0. The second kappa shape index (κ2) is 5.19. The predicted molar refractivity (Wildman–Crippen MR) is 80.9 cm³/mol. The van der Waals surface area contributed by atoms with Gasteiger partial charge in [-0.15, -0.1) is 0 Å². The van der Waals surface area contributed by atoms with Crippen LogP contribution >= 0.6 is 0 Å². The molecule has 2 aromatic carbocycles. The number of hydrogen-bond acceptors (Lipinski definition) is 3. The quantitative estimate of drug-likeness (QED) is 0.731. The average molecular weight is 334 g/mol. The van der Waals surface area contributed by atoms with Crippen LogP contribution in [0.15, 0.2) is 42.5 Å². The minimum absolute atomic E-state index is 0.162. The Morgan fingerprint density at radius 2 is 1.50 bits per heavy atom. The van der Waals surface area contributed by atoms with E-state index in [1.165, 1.54) is 32.0 Å². The highest BCUT2D eigenvalue weighted by atomic mass is 19.4. The molecule has 3 nitrogen and oxygen atoms in total. The second-order valence-corrected chi connectivity index (χ2v) is 6.06. The summed E-state index contributed by atoms with van der Waals surface area (Å²) < 4.78 is 43.5. The van der Waals surface area contributed by atoms with Crippen LogP contribution in [0.4, 0.5) is 13.2 Å². The molecule has 124 valence electrons. The van der Waals surface area contributed by atoms with Crippen LogP contribution in [0.25, 0.3) is 11.1 Å². The lowest BCUT2D eigenvalue weighted by Gasteiger charge is -2.30. The van der Waals surface area contributed by atoms with E-state index in [1.807, 2.05) is 0 Å². The molecule has 0 aliphatic carbocycles. The summed E-state index contributed by atoms with van der Waals surface area (Å²) in [6.07, 6.45) is -4.39. The Morgan fingerprint density at radius 3 is 2.08 bits per heavy atom. The Kier molecular flexibility index (Phi) is 3.51. The Morgan fingerprint density at radius 1 is 0.917 bits per heavy atom. The summed E-state index contributed by atoms with van der Waals surface area (Å²) in [7, 11) is 0. The van der Waals surface area contributed by atoms with Crippen LogP contribution in [0.2, 0.25) is 0 Å². The molecule has 6 heteroatoms. The van der Waals surface area contributed by atoms with E-state index in [-0.39, 0.29) is 11.3 Å². The number of halogens is 3. The van der Waals surface area contributed by atoms with Gasteiger partial charge in [0.1, 0.15) is 5.75 Å². The third-order valence-corrected chi connectivity index (χ3v) is 3.89. The Hall–Kier alpha value is -2.63. The number of carbonyl (C=O) groups is 2. The number of ketones is 2. The van der Waals surface area contributed by atoms with E-state index in [2.05, 4.69) is 0 Å². The van der Waals surface area contributed by atoms with Crippen molar-refractivity contribution in [2.45, 2.75) is 25.6 Å². The van der Waals surface area contributed by atoms with E-state index < -0.39 is 28.9 Å². The van der Waals surface area contributed by atoms with Crippen LogP contribution in [-0.4, -0.2) is 17.2 Å². The van der Waals surface area contributed by atoms with Gasteiger partial charge in [0.15, 0.2) is 5.60 Å². The van der Waals surface area contributed by atoms with Gasteiger partial charge in [-0.2, -0.15) is 13.2 Å². The van der Waals surface area contributed by atoms with Crippen LogP contribution in [0.5, 0.6) is 5.75 Å². The van der Waals surface area contributed by atoms with E-state index in [0.29, 0.717) is 11.1 Å². The highest BCUT2D eigenvalue weighted by Crippen LogP contribution is 2.36. The maximum Gasteiger partial charge on any atom is 0.416 e. The largest absolute Gasteiger partial charge is 0.479 e. The first-order valence-electron chi connectivity index (χ1n) is 7.19. The molecule has 0 fully saturated rings. The zero-order chi connectivity index (χ0) is 17.7. The van der Waals surface area contributed by atoms with Gasteiger partial charge < -0.3 is 4.74 Å². The van der Waals surface area contributed by atoms with Gasteiger partial charge in [0, 0.05) is 0 Å². The fraction of sp³-hybridized carbons (Fsp3) is 0.222. The molecule has 2 aromatic rings. The summed E-state index contributed by atoms with van der Waals surface area (Å²) >= 11 is 0. The minimum Gasteiger partial charge on any atom is -0.479 e. The fourth-order valence-electron chi connectivity index (χ4n) is 2.54. The second-order valence-electron chi connectivity index (χ2n) is 6.06. The normalized spacial score (nSPS) is 16.5. The molecule has 0 saturated heterocycles. The Balaban J connectivity index is 2.01. The molecule has 1 aliphatic rings. The van der Waals surface area contributed by atoms with Crippen LogP contribution in [0.3, 0.4) is 0 Å². The van der Waals surface area contributed by atoms with Gasteiger partial charge >= 0.3 is 6.18 Å². The van der Waals surface area contributed by atoms with Gasteiger partial charge in [-0.1, -0.05) is 18.2 Å². The van der Waals surface area contributed by atoms with Crippen molar-refractivity contribution in [1.82, 2.24) is 0 Å². The number of alkyl halides is 3. The number of fused-ring (bicyclic) bond motifs is 1. The Labute approximate surface area is 136 Å². The van der Waals surface area contributed by atoms with Crippen LogP contribution < -0.4 is 4.74 Å².